The molecule has 0 aromatic carbocycles. The van der Waals surface area contributed by atoms with Gasteiger partial charge in [0.25, 0.3) is 5.56 Å². The minimum absolute atomic E-state index is 0.00148. The van der Waals surface area contributed by atoms with Crippen molar-refractivity contribution in [1.29, 1.82) is 0 Å². The fraction of sp³-hybridized carbons (Fsp3) is 0.444. The summed E-state index contributed by atoms with van der Waals surface area (Å²) in [4.78, 5) is 28.4. The van der Waals surface area contributed by atoms with Gasteiger partial charge in [-0.3, -0.25) is 9.59 Å². The molecule has 0 fully saturated rings. The van der Waals surface area contributed by atoms with Crippen LogP contribution in [-0.4, -0.2) is 29.0 Å². The van der Waals surface area contributed by atoms with E-state index in [0.29, 0.717) is 19.5 Å². The van der Waals surface area contributed by atoms with Gasteiger partial charge in [0.1, 0.15) is 5.02 Å². The third kappa shape index (κ3) is 3.54. The Morgan fingerprint density at radius 2 is 2.38 bits per heavy atom. The third-order valence-electron chi connectivity index (χ3n) is 1.82. The highest BCUT2D eigenvalue weighted by Crippen LogP contribution is 2.11. The maximum atomic E-state index is 11.1. The second-order valence-corrected chi connectivity index (χ2v) is 3.40. The van der Waals surface area contributed by atoms with Crippen LogP contribution in [0, 0.1) is 0 Å². The molecule has 0 spiro atoms. The fourth-order valence-electron chi connectivity index (χ4n) is 1.09. The monoisotopic (exact) mass is 244 g/mol. The number of nitrogens with zero attached hydrogens (tertiary/aromatic N) is 1. The minimum atomic E-state index is -0.405. The highest BCUT2D eigenvalue weighted by Gasteiger charge is 2.05. The van der Waals surface area contributed by atoms with Gasteiger partial charge in [-0.25, -0.2) is 4.98 Å². The molecule has 0 aliphatic rings. The maximum Gasteiger partial charge on any atom is 0.271 e. The van der Waals surface area contributed by atoms with Crippen LogP contribution in [0.1, 0.15) is 13.3 Å². The highest BCUT2D eigenvalue weighted by molar-refractivity contribution is 6.32. The van der Waals surface area contributed by atoms with Crippen molar-refractivity contribution in [3.8, 4) is 0 Å². The van der Waals surface area contributed by atoms with Crippen LogP contribution in [0.3, 0.4) is 0 Å². The fourth-order valence-corrected chi connectivity index (χ4v) is 1.26. The number of amides is 1. The molecule has 1 rings (SSSR count). The lowest BCUT2D eigenvalue weighted by atomic mass is 10.4. The molecule has 0 saturated carbocycles. The van der Waals surface area contributed by atoms with Crippen molar-refractivity contribution in [2.24, 2.45) is 0 Å². The third-order valence-corrected chi connectivity index (χ3v) is 2.17. The van der Waals surface area contributed by atoms with Gasteiger partial charge in [-0.1, -0.05) is 11.6 Å². The summed E-state index contributed by atoms with van der Waals surface area (Å²) in [6.45, 7) is 2.82. The zero-order valence-corrected chi connectivity index (χ0v) is 9.60. The lowest BCUT2D eigenvalue weighted by molar-refractivity contribution is -0.120. The van der Waals surface area contributed by atoms with Gasteiger partial charge >= 0.3 is 0 Å². The Morgan fingerprint density at radius 1 is 1.62 bits per heavy atom. The zero-order valence-electron chi connectivity index (χ0n) is 8.84. The molecule has 88 valence electrons. The quantitative estimate of drug-likeness (QED) is 0.698. The number of H-pyrrole nitrogens is 1. The molecule has 16 heavy (non-hydrogen) atoms. The number of anilines is 1. The summed E-state index contributed by atoms with van der Waals surface area (Å²) < 4.78 is 0. The number of hydrogen-bond acceptors (Lipinski definition) is 4. The number of aromatic nitrogens is 2. The summed E-state index contributed by atoms with van der Waals surface area (Å²) in [6.07, 6.45) is 1.56. The Labute approximate surface area is 97.4 Å². The van der Waals surface area contributed by atoms with Gasteiger partial charge in [-0.05, 0) is 6.92 Å². The first-order valence-corrected chi connectivity index (χ1v) is 5.26. The molecule has 0 saturated heterocycles. The van der Waals surface area contributed by atoms with Crippen LogP contribution in [0.4, 0.5) is 5.82 Å². The van der Waals surface area contributed by atoms with Crippen LogP contribution in [0.25, 0.3) is 0 Å². The largest absolute Gasteiger partial charge is 0.368 e. The molecule has 0 radical (unpaired) electrons. The summed E-state index contributed by atoms with van der Waals surface area (Å²) in [5.74, 6) is 0.227. The van der Waals surface area contributed by atoms with Gasteiger partial charge in [0.2, 0.25) is 5.91 Å². The maximum absolute atomic E-state index is 11.1. The van der Waals surface area contributed by atoms with Crippen molar-refractivity contribution < 1.29 is 4.79 Å². The highest BCUT2D eigenvalue weighted by atomic mass is 35.5. The van der Waals surface area contributed by atoms with E-state index in [1.54, 1.807) is 0 Å². The molecule has 1 aromatic heterocycles. The van der Waals surface area contributed by atoms with Gasteiger partial charge in [0.15, 0.2) is 5.82 Å². The number of aromatic amines is 1. The Hall–Kier alpha value is -1.56. The normalized spacial score (nSPS) is 9.88. The molecule has 7 heteroatoms. The molecule has 1 heterocycles. The summed E-state index contributed by atoms with van der Waals surface area (Å²) in [5.41, 5.74) is -0.405. The van der Waals surface area contributed by atoms with Crippen molar-refractivity contribution in [3.63, 3.8) is 0 Å². The van der Waals surface area contributed by atoms with Crippen LogP contribution in [0.2, 0.25) is 5.02 Å². The van der Waals surface area contributed by atoms with Crippen LogP contribution < -0.4 is 16.2 Å². The number of carbonyl (C=O) groups is 1. The topological polar surface area (TPSA) is 86.9 Å². The SMILES string of the molecule is CCNC(=O)CCNc1nc[nH]c(=O)c1Cl. The van der Waals surface area contributed by atoms with Crippen LogP contribution in [0.15, 0.2) is 11.1 Å². The molecule has 0 bridgehead atoms. The summed E-state index contributed by atoms with van der Waals surface area (Å²) in [6, 6.07) is 0. The first-order valence-electron chi connectivity index (χ1n) is 4.89. The second-order valence-electron chi connectivity index (χ2n) is 3.02. The van der Waals surface area contributed by atoms with Crippen LogP contribution >= 0.6 is 11.6 Å². The standard InChI is InChI=1S/C9H13ClN4O2/c1-2-11-6(15)3-4-12-8-7(10)9(16)14-5-13-8/h5H,2-4H2,1H3,(H,11,15)(H2,12,13,14,16). The average molecular weight is 245 g/mol. The Bertz CT molecular complexity index is 418. The van der Waals surface area contributed by atoms with E-state index in [1.807, 2.05) is 6.92 Å². The molecule has 6 nitrogen and oxygen atoms in total. The van der Waals surface area contributed by atoms with Gasteiger partial charge in [0, 0.05) is 19.5 Å². The molecular weight excluding hydrogens is 232 g/mol. The van der Waals surface area contributed by atoms with Crippen LogP contribution in [-0.2, 0) is 4.79 Å². The first kappa shape index (κ1) is 12.5. The van der Waals surface area contributed by atoms with E-state index in [9.17, 15) is 9.59 Å². The van der Waals surface area contributed by atoms with E-state index in [0.717, 1.165) is 0 Å². The molecular formula is C9H13ClN4O2. The van der Waals surface area contributed by atoms with Crippen molar-refractivity contribution >= 4 is 23.3 Å². The number of carbonyl (C=O) groups excluding carboxylic acids is 1. The lowest BCUT2D eigenvalue weighted by Crippen LogP contribution is -2.25. The smallest absolute Gasteiger partial charge is 0.271 e. The molecule has 3 N–H and O–H groups in total. The van der Waals surface area contributed by atoms with E-state index in [2.05, 4.69) is 20.6 Å². The Morgan fingerprint density at radius 3 is 3.06 bits per heavy atom. The Kier molecular flexibility index (Phi) is 4.78. The average Bonchev–Trinajstić information content (AvgIpc) is 2.25. The van der Waals surface area contributed by atoms with Gasteiger partial charge in [0.05, 0.1) is 6.33 Å². The summed E-state index contributed by atoms with van der Waals surface area (Å²) in [5, 5.41) is 5.48. The number of nitrogens with one attached hydrogen (secondary N) is 3. The van der Waals surface area contributed by atoms with Crippen LogP contribution in [0.5, 0.6) is 0 Å². The molecule has 1 amide bonds. The van der Waals surface area contributed by atoms with E-state index in [4.69, 9.17) is 11.6 Å². The molecule has 0 unspecified atom stereocenters. The molecule has 0 aliphatic heterocycles. The van der Waals surface area contributed by atoms with Crippen molar-refractivity contribution in [2.75, 3.05) is 18.4 Å². The minimum Gasteiger partial charge on any atom is -0.368 e. The first-order chi connectivity index (χ1) is 7.65. The van der Waals surface area contributed by atoms with Crippen molar-refractivity contribution in [3.05, 3.63) is 21.7 Å². The Balaban J connectivity index is 2.46. The van der Waals surface area contributed by atoms with Crippen molar-refractivity contribution in [2.45, 2.75) is 13.3 Å². The van der Waals surface area contributed by atoms with E-state index in [1.165, 1.54) is 6.33 Å². The number of halogens is 1. The van der Waals surface area contributed by atoms with Crippen molar-refractivity contribution in [1.82, 2.24) is 15.3 Å². The van der Waals surface area contributed by atoms with Gasteiger partial charge in [-0.2, -0.15) is 0 Å². The summed E-state index contributed by atoms with van der Waals surface area (Å²) >= 11 is 5.70. The number of rotatable bonds is 5. The molecule has 0 aliphatic carbocycles. The van der Waals surface area contributed by atoms with E-state index in [-0.39, 0.29) is 16.7 Å². The lowest BCUT2D eigenvalue weighted by Gasteiger charge is -2.06. The molecule has 1 aromatic rings. The summed E-state index contributed by atoms with van der Waals surface area (Å²) in [7, 11) is 0. The number of hydrogen-bond donors (Lipinski definition) is 3. The van der Waals surface area contributed by atoms with Gasteiger partial charge in [-0.15, -0.1) is 0 Å². The van der Waals surface area contributed by atoms with Gasteiger partial charge < -0.3 is 15.6 Å². The second kappa shape index (κ2) is 6.12. The van der Waals surface area contributed by atoms with E-state index >= 15 is 0 Å². The predicted molar refractivity (Wildman–Crippen MR) is 61.7 cm³/mol. The zero-order chi connectivity index (χ0) is 12.0. The molecule has 0 atom stereocenters. The van der Waals surface area contributed by atoms with E-state index < -0.39 is 5.56 Å². The predicted octanol–water partition coefficient (Wildman–Crippen LogP) is 0.361.